The van der Waals surface area contributed by atoms with Gasteiger partial charge in [-0.15, -0.1) is 0 Å². The Bertz CT molecular complexity index is 362. The maximum atomic E-state index is 11.0. The number of rotatable bonds is 3. The molecule has 1 aliphatic heterocycles. The average Bonchev–Trinajstić information content (AvgIpc) is 2.62. The van der Waals surface area contributed by atoms with Gasteiger partial charge in [-0.3, -0.25) is 4.79 Å². The summed E-state index contributed by atoms with van der Waals surface area (Å²) in [6, 6.07) is 8.11. The van der Waals surface area contributed by atoms with Crippen LogP contribution in [0.5, 0.6) is 5.75 Å². The van der Waals surface area contributed by atoms with Crippen LogP contribution in [0, 0.1) is 6.92 Å². The van der Waals surface area contributed by atoms with E-state index in [2.05, 4.69) is 5.32 Å². The van der Waals surface area contributed by atoms with Gasteiger partial charge in [-0.05, 0) is 31.0 Å². The number of aryl methyl sites for hydroxylation is 1. The van der Waals surface area contributed by atoms with Crippen molar-refractivity contribution in [2.24, 2.45) is 0 Å². The highest BCUT2D eigenvalue weighted by Crippen LogP contribution is 2.14. The van der Waals surface area contributed by atoms with Crippen LogP contribution in [-0.2, 0) is 4.79 Å². The van der Waals surface area contributed by atoms with Gasteiger partial charge < -0.3 is 10.1 Å². The maximum absolute atomic E-state index is 11.0. The maximum Gasteiger partial charge on any atom is 0.220 e. The summed E-state index contributed by atoms with van der Waals surface area (Å²) in [6.45, 7) is 2.60. The van der Waals surface area contributed by atoms with Gasteiger partial charge in [0.25, 0.3) is 0 Å². The monoisotopic (exact) mass is 205 g/mol. The van der Waals surface area contributed by atoms with Crippen LogP contribution in [0.3, 0.4) is 0 Å². The second-order valence-electron chi connectivity index (χ2n) is 3.93. The lowest BCUT2D eigenvalue weighted by atomic mass is 10.2. The van der Waals surface area contributed by atoms with Crippen molar-refractivity contribution in [3.8, 4) is 5.75 Å². The zero-order valence-corrected chi connectivity index (χ0v) is 8.82. The fourth-order valence-electron chi connectivity index (χ4n) is 1.70. The lowest BCUT2D eigenvalue weighted by Crippen LogP contribution is -2.30. The number of ether oxygens (including phenoxy) is 1. The summed E-state index contributed by atoms with van der Waals surface area (Å²) in [4.78, 5) is 11.0. The Balaban J connectivity index is 1.85. The van der Waals surface area contributed by atoms with Gasteiger partial charge in [-0.25, -0.2) is 0 Å². The smallest absolute Gasteiger partial charge is 0.220 e. The predicted molar refractivity (Wildman–Crippen MR) is 57.8 cm³/mol. The van der Waals surface area contributed by atoms with Crippen LogP contribution in [0.15, 0.2) is 24.3 Å². The highest BCUT2D eigenvalue weighted by atomic mass is 16.5. The molecule has 1 aliphatic rings. The van der Waals surface area contributed by atoms with Crippen LogP contribution < -0.4 is 10.1 Å². The molecule has 1 saturated heterocycles. The molecular weight excluding hydrogens is 190 g/mol. The third kappa shape index (κ3) is 2.72. The molecule has 1 aromatic carbocycles. The molecule has 1 amide bonds. The lowest BCUT2D eigenvalue weighted by molar-refractivity contribution is -0.119. The first-order chi connectivity index (χ1) is 7.24. The summed E-state index contributed by atoms with van der Waals surface area (Å²) < 4.78 is 5.60. The molecule has 0 saturated carbocycles. The Morgan fingerprint density at radius 3 is 3.07 bits per heavy atom. The molecule has 0 bridgehead atoms. The Morgan fingerprint density at radius 1 is 1.53 bits per heavy atom. The SMILES string of the molecule is Cc1cccc(OCC2CCC(=O)N2)c1. The fourth-order valence-corrected chi connectivity index (χ4v) is 1.70. The van der Waals surface area contributed by atoms with Crippen molar-refractivity contribution in [3.05, 3.63) is 29.8 Å². The molecule has 0 aliphatic carbocycles. The van der Waals surface area contributed by atoms with Crippen molar-refractivity contribution in [3.63, 3.8) is 0 Å². The second-order valence-corrected chi connectivity index (χ2v) is 3.93. The molecule has 15 heavy (non-hydrogen) atoms. The molecule has 1 fully saturated rings. The molecule has 1 aromatic rings. The molecule has 1 heterocycles. The van der Waals surface area contributed by atoms with Crippen LogP contribution in [-0.4, -0.2) is 18.6 Å². The minimum atomic E-state index is 0.132. The highest BCUT2D eigenvalue weighted by Gasteiger charge is 2.20. The highest BCUT2D eigenvalue weighted by molar-refractivity contribution is 5.78. The summed E-state index contributed by atoms with van der Waals surface area (Å²) >= 11 is 0. The summed E-state index contributed by atoms with van der Waals surface area (Å²) in [5, 5.41) is 2.87. The number of hydrogen-bond donors (Lipinski definition) is 1. The van der Waals surface area contributed by atoms with Crippen molar-refractivity contribution < 1.29 is 9.53 Å². The summed E-state index contributed by atoms with van der Waals surface area (Å²) in [5.74, 6) is 1.00. The van der Waals surface area contributed by atoms with Crippen molar-refractivity contribution in [1.29, 1.82) is 0 Å². The van der Waals surface area contributed by atoms with Crippen LogP contribution in [0.25, 0.3) is 0 Å². The van der Waals surface area contributed by atoms with Gasteiger partial charge in [-0.2, -0.15) is 0 Å². The molecule has 0 aromatic heterocycles. The third-order valence-corrected chi connectivity index (χ3v) is 2.53. The van der Waals surface area contributed by atoms with E-state index < -0.39 is 0 Å². The van der Waals surface area contributed by atoms with Crippen molar-refractivity contribution in [2.75, 3.05) is 6.61 Å². The Labute approximate surface area is 89.4 Å². The average molecular weight is 205 g/mol. The normalized spacial score (nSPS) is 20.1. The predicted octanol–water partition coefficient (Wildman–Crippen LogP) is 1.65. The first kappa shape index (κ1) is 10.0. The van der Waals surface area contributed by atoms with E-state index in [0.717, 1.165) is 12.2 Å². The van der Waals surface area contributed by atoms with E-state index in [0.29, 0.717) is 13.0 Å². The molecule has 1 unspecified atom stereocenters. The third-order valence-electron chi connectivity index (χ3n) is 2.53. The van der Waals surface area contributed by atoms with Gasteiger partial charge >= 0.3 is 0 Å². The van der Waals surface area contributed by atoms with Crippen molar-refractivity contribution in [1.82, 2.24) is 5.32 Å². The van der Waals surface area contributed by atoms with E-state index in [4.69, 9.17) is 4.74 Å². The molecule has 2 rings (SSSR count). The molecular formula is C12H15NO2. The topological polar surface area (TPSA) is 38.3 Å². The molecule has 3 heteroatoms. The van der Waals surface area contributed by atoms with E-state index in [1.807, 2.05) is 31.2 Å². The van der Waals surface area contributed by atoms with Gasteiger partial charge in [0.2, 0.25) is 5.91 Å². The molecule has 80 valence electrons. The van der Waals surface area contributed by atoms with E-state index >= 15 is 0 Å². The number of hydrogen-bond acceptors (Lipinski definition) is 2. The zero-order chi connectivity index (χ0) is 10.7. The largest absolute Gasteiger partial charge is 0.491 e. The molecule has 1 atom stereocenters. The molecule has 0 spiro atoms. The van der Waals surface area contributed by atoms with E-state index in [9.17, 15) is 4.79 Å². The number of nitrogens with one attached hydrogen (secondary N) is 1. The van der Waals surface area contributed by atoms with Gasteiger partial charge in [-0.1, -0.05) is 12.1 Å². The second kappa shape index (κ2) is 4.34. The quantitative estimate of drug-likeness (QED) is 0.814. The van der Waals surface area contributed by atoms with Gasteiger partial charge in [0.15, 0.2) is 0 Å². The summed E-state index contributed by atoms with van der Waals surface area (Å²) in [5.41, 5.74) is 1.18. The zero-order valence-electron chi connectivity index (χ0n) is 8.82. The van der Waals surface area contributed by atoms with Gasteiger partial charge in [0.05, 0.1) is 6.04 Å². The molecule has 0 radical (unpaired) electrons. The van der Waals surface area contributed by atoms with E-state index in [1.54, 1.807) is 0 Å². The van der Waals surface area contributed by atoms with Crippen molar-refractivity contribution >= 4 is 5.91 Å². The van der Waals surface area contributed by atoms with Crippen LogP contribution >= 0.6 is 0 Å². The fraction of sp³-hybridized carbons (Fsp3) is 0.417. The first-order valence-electron chi connectivity index (χ1n) is 5.23. The lowest BCUT2D eigenvalue weighted by Gasteiger charge is -2.12. The number of benzene rings is 1. The van der Waals surface area contributed by atoms with E-state index in [1.165, 1.54) is 5.56 Å². The minimum Gasteiger partial charge on any atom is -0.491 e. The Hall–Kier alpha value is -1.51. The van der Waals surface area contributed by atoms with Crippen LogP contribution in [0.4, 0.5) is 0 Å². The van der Waals surface area contributed by atoms with Gasteiger partial charge in [0, 0.05) is 6.42 Å². The van der Waals surface area contributed by atoms with Gasteiger partial charge in [0.1, 0.15) is 12.4 Å². The summed E-state index contributed by atoms with van der Waals surface area (Å²) in [7, 11) is 0. The van der Waals surface area contributed by atoms with Crippen molar-refractivity contribution in [2.45, 2.75) is 25.8 Å². The first-order valence-corrected chi connectivity index (χ1v) is 5.23. The Kier molecular flexibility index (Phi) is 2.90. The number of carbonyl (C=O) groups is 1. The summed E-state index contributed by atoms with van der Waals surface area (Å²) in [6.07, 6.45) is 1.51. The molecule has 3 nitrogen and oxygen atoms in total. The van der Waals surface area contributed by atoms with Crippen LogP contribution in [0.2, 0.25) is 0 Å². The Morgan fingerprint density at radius 2 is 2.40 bits per heavy atom. The minimum absolute atomic E-state index is 0.132. The number of amides is 1. The molecule has 1 N–H and O–H groups in total. The van der Waals surface area contributed by atoms with E-state index in [-0.39, 0.29) is 11.9 Å². The number of carbonyl (C=O) groups excluding carboxylic acids is 1. The standard InChI is InChI=1S/C12H15NO2/c1-9-3-2-4-11(7-9)15-8-10-5-6-12(14)13-10/h2-4,7,10H,5-6,8H2,1H3,(H,13,14). The van der Waals surface area contributed by atoms with Crippen LogP contribution in [0.1, 0.15) is 18.4 Å².